The van der Waals surface area contributed by atoms with Gasteiger partial charge in [-0.1, -0.05) is 6.92 Å². The van der Waals surface area contributed by atoms with Crippen molar-refractivity contribution >= 4 is 21.6 Å². The zero-order valence-electron chi connectivity index (χ0n) is 11.1. The molecule has 1 fully saturated rings. The van der Waals surface area contributed by atoms with Crippen molar-refractivity contribution in [2.45, 2.75) is 25.8 Å². The van der Waals surface area contributed by atoms with E-state index in [1.165, 1.54) is 18.5 Å². The number of likely N-dealkylation sites (N-methyl/N-ethyl adjacent to an activating group) is 1. The highest BCUT2D eigenvalue weighted by Crippen LogP contribution is 2.32. The third-order valence-electron chi connectivity index (χ3n) is 3.41. The lowest BCUT2D eigenvalue weighted by atomic mass is 10.0. The number of ether oxygens (including phenoxy) is 1. The highest BCUT2D eigenvalue weighted by Gasteiger charge is 2.21. The largest absolute Gasteiger partial charge is 0.497 e. The monoisotopic (exact) mass is 312 g/mol. The van der Waals surface area contributed by atoms with Crippen molar-refractivity contribution in [1.29, 1.82) is 0 Å². The summed E-state index contributed by atoms with van der Waals surface area (Å²) in [5, 5.41) is 3.54. The van der Waals surface area contributed by atoms with Crippen LogP contribution in [0.25, 0.3) is 0 Å². The molecule has 1 N–H and O–H groups in total. The first kappa shape index (κ1) is 13.7. The molecule has 1 aliphatic rings. The van der Waals surface area contributed by atoms with Crippen LogP contribution in [0.15, 0.2) is 22.7 Å². The average Bonchev–Trinajstić information content (AvgIpc) is 2.40. The van der Waals surface area contributed by atoms with Gasteiger partial charge in [-0.25, -0.2) is 0 Å². The van der Waals surface area contributed by atoms with Gasteiger partial charge in [-0.3, -0.25) is 0 Å². The predicted octanol–water partition coefficient (Wildman–Crippen LogP) is 3.04. The number of hydrogen-bond donors (Lipinski definition) is 1. The van der Waals surface area contributed by atoms with Crippen LogP contribution in [0.1, 0.15) is 19.8 Å². The zero-order chi connectivity index (χ0) is 13.0. The second-order valence-electron chi connectivity index (χ2n) is 4.66. The summed E-state index contributed by atoms with van der Waals surface area (Å²) in [5.74, 6) is 0.916. The number of hydrogen-bond acceptors (Lipinski definition) is 3. The van der Waals surface area contributed by atoms with Crippen molar-refractivity contribution in [1.82, 2.24) is 5.32 Å². The Morgan fingerprint density at radius 3 is 3.06 bits per heavy atom. The maximum atomic E-state index is 5.31. The first-order valence-corrected chi connectivity index (χ1v) is 7.35. The zero-order valence-corrected chi connectivity index (χ0v) is 12.7. The van der Waals surface area contributed by atoms with Crippen LogP contribution < -0.4 is 15.0 Å². The summed E-state index contributed by atoms with van der Waals surface area (Å²) < 4.78 is 6.45. The van der Waals surface area contributed by atoms with E-state index in [1.54, 1.807) is 7.11 Å². The fraction of sp³-hybridized carbons (Fsp3) is 0.571. The van der Waals surface area contributed by atoms with Gasteiger partial charge in [-0.2, -0.15) is 0 Å². The highest BCUT2D eigenvalue weighted by atomic mass is 79.9. The van der Waals surface area contributed by atoms with Crippen molar-refractivity contribution in [3.8, 4) is 5.75 Å². The Bertz CT molecular complexity index is 395. The number of methoxy groups -OCH3 is 1. The molecule has 1 aromatic rings. The van der Waals surface area contributed by atoms with Gasteiger partial charge >= 0.3 is 0 Å². The fourth-order valence-electron chi connectivity index (χ4n) is 2.51. The molecule has 0 aromatic heterocycles. The maximum absolute atomic E-state index is 5.31. The number of halogens is 1. The van der Waals surface area contributed by atoms with Gasteiger partial charge in [0, 0.05) is 29.7 Å². The van der Waals surface area contributed by atoms with Crippen molar-refractivity contribution in [3.05, 3.63) is 22.7 Å². The predicted molar refractivity (Wildman–Crippen MR) is 79.6 cm³/mol. The summed E-state index contributed by atoms with van der Waals surface area (Å²) >= 11 is 3.64. The molecular formula is C14H21BrN2O. The molecule has 0 amide bonds. The highest BCUT2D eigenvalue weighted by molar-refractivity contribution is 9.10. The van der Waals surface area contributed by atoms with E-state index < -0.39 is 0 Å². The number of rotatable bonds is 4. The van der Waals surface area contributed by atoms with Crippen LogP contribution in [-0.4, -0.2) is 32.8 Å². The average molecular weight is 313 g/mol. The number of piperidine rings is 1. The minimum atomic E-state index is 0.599. The van der Waals surface area contributed by atoms with Crippen LogP contribution in [0.4, 0.5) is 5.69 Å². The van der Waals surface area contributed by atoms with E-state index in [-0.39, 0.29) is 0 Å². The van der Waals surface area contributed by atoms with Crippen LogP contribution in [0.2, 0.25) is 0 Å². The second-order valence-corrected chi connectivity index (χ2v) is 5.51. The normalized spacial score (nSPS) is 19.9. The Hall–Kier alpha value is -0.740. The van der Waals surface area contributed by atoms with Gasteiger partial charge in [0.1, 0.15) is 5.75 Å². The Morgan fingerprint density at radius 2 is 2.33 bits per heavy atom. The maximum Gasteiger partial charge on any atom is 0.121 e. The molecule has 0 bridgehead atoms. The number of benzene rings is 1. The molecule has 1 atom stereocenters. The van der Waals surface area contributed by atoms with Crippen LogP contribution in [0, 0.1) is 0 Å². The van der Waals surface area contributed by atoms with Crippen LogP contribution in [0.3, 0.4) is 0 Å². The Morgan fingerprint density at radius 1 is 1.50 bits per heavy atom. The van der Waals surface area contributed by atoms with Gasteiger partial charge in [0.2, 0.25) is 0 Å². The second kappa shape index (κ2) is 6.43. The summed E-state index contributed by atoms with van der Waals surface area (Å²) in [4.78, 5) is 2.43. The minimum Gasteiger partial charge on any atom is -0.497 e. The van der Waals surface area contributed by atoms with E-state index in [2.05, 4.69) is 45.2 Å². The van der Waals surface area contributed by atoms with E-state index in [9.17, 15) is 0 Å². The van der Waals surface area contributed by atoms with E-state index in [1.807, 2.05) is 6.07 Å². The molecule has 1 saturated heterocycles. The molecule has 100 valence electrons. The lowest BCUT2D eigenvalue weighted by molar-refractivity contribution is 0.412. The third kappa shape index (κ3) is 3.18. The van der Waals surface area contributed by atoms with Crippen molar-refractivity contribution in [3.63, 3.8) is 0 Å². The van der Waals surface area contributed by atoms with Gasteiger partial charge in [-0.05, 0) is 47.4 Å². The molecule has 0 aliphatic carbocycles. The van der Waals surface area contributed by atoms with E-state index in [0.717, 1.165) is 29.9 Å². The first-order valence-electron chi connectivity index (χ1n) is 6.56. The molecule has 18 heavy (non-hydrogen) atoms. The molecule has 1 heterocycles. The molecule has 0 saturated carbocycles. The standard InChI is InChI=1S/C14H21BrN2O/c1-3-16-11-5-4-8-17(10-11)14-9-12(18-2)6-7-13(14)15/h6-7,9,11,16H,3-5,8,10H2,1-2H3. The molecule has 1 unspecified atom stereocenters. The van der Waals surface area contributed by atoms with Crippen molar-refractivity contribution < 1.29 is 4.74 Å². The van der Waals surface area contributed by atoms with Crippen LogP contribution in [-0.2, 0) is 0 Å². The summed E-state index contributed by atoms with van der Waals surface area (Å²) in [7, 11) is 1.71. The molecule has 0 spiro atoms. The third-order valence-corrected chi connectivity index (χ3v) is 4.08. The van der Waals surface area contributed by atoms with E-state index in [0.29, 0.717) is 6.04 Å². The fourth-order valence-corrected chi connectivity index (χ4v) is 3.01. The Kier molecular flexibility index (Phi) is 4.89. The summed E-state index contributed by atoms with van der Waals surface area (Å²) in [6, 6.07) is 6.75. The smallest absolute Gasteiger partial charge is 0.121 e. The molecular weight excluding hydrogens is 292 g/mol. The first-order chi connectivity index (χ1) is 8.74. The van der Waals surface area contributed by atoms with Crippen LogP contribution in [0.5, 0.6) is 5.75 Å². The SMILES string of the molecule is CCNC1CCCN(c2cc(OC)ccc2Br)C1. The van der Waals surface area contributed by atoms with Gasteiger partial charge in [-0.15, -0.1) is 0 Å². The van der Waals surface area contributed by atoms with E-state index >= 15 is 0 Å². The topological polar surface area (TPSA) is 24.5 Å². The molecule has 2 rings (SSSR count). The number of nitrogens with zero attached hydrogens (tertiary/aromatic N) is 1. The Balaban J connectivity index is 2.14. The summed E-state index contributed by atoms with van der Waals surface area (Å²) in [6.45, 7) is 5.39. The lowest BCUT2D eigenvalue weighted by Gasteiger charge is -2.35. The van der Waals surface area contributed by atoms with Crippen LogP contribution >= 0.6 is 15.9 Å². The van der Waals surface area contributed by atoms with Crippen molar-refractivity contribution in [2.24, 2.45) is 0 Å². The van der Waals surface area contributed by atoms with Gasteiger partial charge < -0.3 is 15.0 Å². The molecule has 0 radical (unpaired) electrons. The lowest BCUT2D eigenvalue weighted by Crippen LogP contribution is -2.45. The minimum absolute atomic E-state index is 0.599. The van der Waals surface area contributed by atoms with E-state index in [4.69, 9.17) is 4.74 Å². The summed E-state index contributed by atoms with van der Waals surface area (Å²) in [6.07, 6.45) is 2.51. The summed E-state index contributed by atoms with van der Waals surface area (Å²) in [5.41, 5.74) is 1.23. The molecule has 4 heteroatoms. The van der Waals surface area contributed by atoms with Gasteiger partial charge in [0.05, 0.1) is 12.8 Å². The number of anilines is 1. The van der Waals surface area contributed by atoms with Crippen molar-refractivity contribution in [2.75, 3.05) is 31.6 Å². The van der Waals surface area contributed by atoms with Gasteiger partial charge in [0.25, 0.3) is 0 Å². The Labute approximate surface area is 118 Å². The molecule has 1 aromatic carbocycles. The molecule has 1 aliphatic heterocycles. The number of nitrogens with one attached hydrogen (secondary N) is 1. The quantitative estimate of drug-likeness (QED) is 0.925. The van der Waals surface area contributed by atoms with Gasteiger partial charge in [0.15, 0.2) is 0 Å². The molecule has 3 nitrogen and oxygen atoms in total.